The molecule has 3 heterocycles. The van der Waals surface area contributed by atoms with Crippen LogP contribution in [-0.4, -0.2) is 154 Å². The molecule has 2 bridgehead atoms. The molecule has 0 spiro atoms. The molecule has 2 atom stereocenters. The third-order valence-electron chi connectivity index (χ3n) is 11.8. The number of carbonyl (C=O) groups excluding carboxylic acids is 3. The Hall–Kier alpha value is -5.27. The first-order chi connectivity index (χ1) is 33.3. The topological polar surface area (TPSA) is 226 Å². The lowest BCUT2D eigenvalue weighted by Gasteiger charge is -2.50. The molecule has 20 nitrogen and oxygen atoms in total. The second kappa shape index (κ2) is 26.1. The van der Waals surface area contributed by atoms with Crippen LogP contribution in [0.25, 0.3) is 5.57 Å². The van der Waals surface area contributed by atoms with E-state index in [1.54, 1.807) is 18.2 Å². The van der Waals surface area contributed by atoms with E-state index >= 15 is 4.79 Å². The summed E-state index contributed by atoms with van der Waals surface area (Å²) in [6.45, 7) is 2.54. The largest absolute Gasteiger partial charge is 0.489 e. The molecule has 23 heteroatoms. The van der Waals surface area contributed by atoms with E-state index in [-0.39, 0.29) is 83.4 Å². The second-order valence-electron chi connectivity index (χ2n) is 16.6. The molecule has 1 saturated carbocycles. The number of methoxy groups -OCH3 is 1. The van der Waals surface area contributed by atoms with Gasteiger partial charge in [0.15, 0.2) is 11.6 Å². The summed E-state index contributed by atoms with van der Waals surface area (Å²) in [6.07, 6.45) is 4.20. The minimum Gasteiger partial charge on any atom is -0.489 e. The summed E-state index contributed by atoms with van der Waals surface area (Å²) >= 11 is 5.94. The quantitative estimate of drug-likeness (QED) is 0.0364. The number of rotatable bonds is 26. The van der Waals surface area contributed by atoms with Gasteiger partial charge in [-0.05, 0) is 105 Å². The predicted octanol–water partition coefficient (Wildman–Crippen LogP) is 6.92. The Morgan fingerprint density at radius 2 is 1.43 bits per heavy atom. The minimum absolute atomic E-state index is 0.0105. The number of hydrogen-bond donors (Lipinski definition) is 4. The third-order valence-corrected chi connectivity index (χ3v) is 12.2. The molecule has 6 rings (SSSR count). The van der Waals surface area contributed by atoms with Crippen molar-refractivity contribution < 1.29 is 77.4 Å². The molecule has 2 aromatic carbocycles. The van der Waals surface area contributed by atoms with Crippen molar-refractivity contribution in [1.29, 1.82) is 0 Å². The van der Waals surface area contributed by atoms with Gasteiger partial charge in [-0.25, -0.2) is 23.4 Å². The Bertz CT molecular complexity index is 2220. The van der Waals surface area contributed by atoms with Crippen molar-refractivity contribution in [3.63, 3.8) is 0 Å². The molecule has 1 aliphatic carbocycles. The number of carbonyl (C=O) groups is 3. The lowest BCUT2D eigenvalue weighted by molar-refractivity contribution is -0.492. The van der Waals surface area contributed by atoms with Crippen LogP contribution in [0.5, 0.6) is 11.6 Å². The molecular formula is C46H59ClF2N6O14. The summed E-state index contributed by atoms with van der Waals surface area (Å²) in [5, 5.41) is 34.1. The zero-order chi connectivity index (χ0) is 49.5. The Labute approximate surface area is 402 Å². The van der Waals surface area contributed by atoms with Gasteiger partial charge in [-0.2, -0.15) is 0 Å². The molecule has 2 aliphatic heterocycles. The summed E-state index contributed by atoms with van der Waals surface area (Å²) in [5.74, 6) is -1.83. The van der Waals surface area contributed by atoms with Crippen LogP contribution >= 0.6 is 11.6 Å². The number of halogens is 3. The standard InChI is InChI=1S/C46H59ClF2N6O14/c1-30-33(17-18-50-43(30)65-25-24-63-2)27-52(34-13-14-34)44(56)40-36(32-11-9-31(10-12-32)8-7-21-64-42-38(49)16-15-37(48)41(42)47)26-35-28-51(45(57)66-19-3-5-22-68-54(59)60)29-39(40)53(35)46(58)67-20-4-6-23-69-55(61)62/h9-12,15-18,34-35,39,59-62H,3-8,13-14,19-29H2,1-2H3. The maximum atomic E-state index is 15.6. The van der Waals surface area contributed by atoms with Gasteiger partial charge in [0.05, 0.1) is 62.5 Å². The highest BCUT2D eigenvalue weighted by atomic mass is 35.5. The number of piperazine rings is 1. The average Bonchev–Trinajstić information content (AvgIpc) is 4.17. The molecule has 3 amide bonds. The van der Waals surface area contributed by atoms with Gasteiger partial charge >= 0.3 is 12.2 Å². The van der Waals surface area contributed by atoms with E-state index in [1.807, 2.05) is 37.3 Å². The van der Waals surface area contributed by atoms with Gasteiger partial charge in [0.25, 0.3) is 5.91 Å². The normalized spacial score (nSPS) is 16.9. The second-order valence-corrected chi connectivity index (χ2v) is 17.0. The fraction of sp³-hybridized carbons (Fsp3) is 0.522. The number of nitrogens with zero attached hydrogens (tertiary/aromatic N) is 6. The fourth-order valence-corrected chi connectivity index (χ4v) is 8.42. The van der Waals surface area contributed by atoms with Crippen molar-refractivity contribution in [3.05, 3.63) is 93.1 Å². The van der Waals surface area contributed by atoms with Crippen molar-refractivity contribution in [1.82, 2.24) is 30.5 Å². The summed E-state index contributed by atoms with van der Waals surface area (Å²) in [5.41, 5.74) is 4.18. The number of aryl methyl sites for hydroxylation is 1. The van der Waals surface area contributed by atoms with E-state index in [9.17, 15) is 18.4 Å². The Morgan fingerprint density at radius 3 is 2.09 bits per heavy atom. The van der Waals surface area contributed by atoms with Crippen LogP contribution in [0.2, 0.25) is 5.02 Å². The van der Waals surface area contributed by atoms with E-state index < -0.39 is 51.7 Å². The van der Waals surface area contributed by atoms with Crippen molar-refractivity contribution >= 4 is 35.3 Å². The summed E-state index contributed by atoms with van der Waals surface area (Å²) in [4.78, 5) is 61.9. The molecule has 3 aromatic rings. The number of fused-ring (bicyclic) bond motifs is 2. The Balaban J connectivity index is 1.31. The Morgan fingerprint density at radius 1 is 0.783 bits per heavy atom. The van der Waals surface area contributed by atoms with Crippen molar-refractivity contribution in [2.24, 2.45) is 0 Å². The highest BCUT2D eigenvalue weighted by Gasteiger charge is 2.50. The first-order valence-electron chi connectivity index (χ1n) is 22.7. The SMILES string of the molecule is COCCOc1nccc(CN(C(=O)C2=C(c3ccc(CCCOc4c(F)ccc(F)c4Cl)cc3)CC3CN(C(=O)OCCCCON(O)O)CC2N3C(=O)OCCCCON(O)O)C2CC2)c1C. The monoisotopic (exact) mass is 992 g/mol. The maximum absolute atomic E-state index is 15.6. The molecule has 1 saturated heterocycles. The molecule has 1 aromatic heterocycles. The first-order valence-corrected chi connectivity index (χ1v) is 23.1. The van der Waals surface area contributed by atoms with E-state index in [4.69, 9.17) is 56.1 Å². The van der Waals surface area contributed by atoms with Gasteiger partial charge in [0, 0.05) is 50.1 Å². The number of unbranched alkanes of at least 4 members (excludes halogenated alkanes) is 2. The molecule has 0 radical (unpaired) electrons. The van der Waals surface area contributed by atoms with E-state index in [0.717, 1.165) is 47.2 Å². The van der Waals surface area contributed by atoms with E-state index in [2.05, 4.69) is 14.7 Å². The Kier molecular flexibility index (Phi) is 20.1. The number of pyridine rings is 1. The van der Waals surface area contributed by atoms with Crippen LogP contribution in [-0.2, 0) is 41.6 Å². The fourth-order valence-electron chi connectivity index (χ4n) is 8.21. The number of amides is 3. The molecule has 378 valence electrons. The van der Waals surface area contributed by atoms with Crippen molar-refractivity contribution in [2.75, 3.05) is 66.4 Å². The molecule has 2 unspecified atom stereocenters. The number of hydrogen-bond acceptors (Lipinski definition) is 17. The van der Waals surface area contributed by atoms with E-state index in [0.29, 0.717) is 62.2 Å². The van der Waals surface area contributed by atoms with Gasteiger partial charge in [-0.3, -0.25) is 40.2 Å². The van der Waals surface area contributed by atoms with Crippen LogP contribution < -0.4 is 9.47 Å². The number of ether oxygens (including phenoxy) is 5. The van der Waals surface area contributed by atoms with Crippen molar-refractivity contribution in [2.45, 2.75) is 89.4 Å². The predicted molar refractivity (Wildman–Crippen MR) is 238 cm³/mol. The minimum atomic E-state index is -0.992. The van der Waals surface area contributed by atoms with Gasteiger partial charge in [0.1, 0.15) is 17.4 Å². The zero-order valence-corrected chi connectivity index (χ0v) is 39.2. The van der Waals surface area contributed by atoms with Crippen LogP contribution in [0.3, 0.4) is 0 Å². The molecular weight excluding hydrogens is 934 g/mol. The van der Waals surface area contributed by atoms with Crippen molar-refractivity contribution in [3.8, 4) is 11.6 Å². The first kappa shape index (κ1) is 53.1. The van der Waals surface area contributed by atoms with Crippen LogP contribution in [0, 0.1) is 18.6 Å². The highest BCUT2D eigenvalue weighted by Crippen LogP contribution is 2.42. The number of aromatic nitrogens is 1. The lowest BCUT2D eigenvalue weighted by Crippen LogP contribution is -2.65. The molecule has 2 fully saturated rings. The van der Waals surface area contributed by atoms with Crippen LogP contribution in [0.1, 0.15) is 73.6 Å². The third kappa shape index (κ3) is 14.9. The summed E-state index contributed by atoms with van der Waals surface area (Å²) < 4.78 is 56.2. The molecule has 3 aliphatic rings. The summed E-state index contributed by atoms with van der Waals surface area (Å²) in [7, 11) is 1.57. The molecule has 4 N–H and O–H groups in total. The lowest BCUT2D eigenvalue weighted by atomic mass is 9.81. The maximum Gasteiger partial charge on any atom is 0.410 e. The van der Waals surface area contributed by atoms with Gasteiger partial charge in [-0.1, -0.05) is 35.9 Å². The average molecular weight is 993 g/mol. The molecule has 69 heavy (non-hydrogen) atoms. The number of benzene rings is 2. The van der Waals surface area contributed by atoms with Gasteiger partial charge in [0.2, 0.25) is 5.88 Å². The van der Waals surface area contributed by atoms with Gasteiger partial charge in [-0.15, -0.1) is 0 Å². The summed E-state index contributed by atoms with van der Waals surface area (Å²) in [6, 6.07) is 9.54. The van der Waals surface area contributed by atoms with Crippen LogP contribution in [0.15, 0.2) is 54.2 Å². The van der Waals surface area contributed by atoms with E-state index in [1.165, 1.54) is 9.80 Å². The van der Waals surface area contributed by atoms with Crippen LogP contribution in [0.4, 0.5) is 18.4 Å². The highest BCUT2D eigenvalue weighted by molar-refractivity contribution is 6.32. The van der Waals surface area contributed by atoms with Gasteiger partial charge < -0.3 is 33.5 Å². The smallest absolute Gasteiger partial charge is 0.410 e. The zero-order valence-electron chi connectivity index (χ0n) is 38.5.